The van der Waals surface area contributed by atoms with Crippen molar-refractivity contribution >= 4 is 11.8 Å². The fourth-order valence-corrected chi connectivity index (χ4v) is 0.968. The first kappa shape index (κ1) is 10.2. The molecule has 0 bridgehead atoms. The molecule has 1 rings (SSSR count). The van der Waals surface area contributed by atoms with Gasteiger partial charge in [0, 0.05) is 25.9 Å². The monoisotopic (exact) mass is 193 g/mol. The van der Waals surface area contributed by atoms with Crippen molar-refractivity contribution in [2.24, 2.45) is 0 Å². The fourth-order valence-electron chi connectivity index (χ4n) is 0.968. The van der Waals surface area contributed by atoms with Crippen molar-refractivity contribution in [3.05, 3.63) is 29.6 Å². The molecule has 0 fully saturated rings. The zero-order valence-electron chi connectivity index (χ0n) is 8.00. The highest BCUT2D eigenvalue weighted by Crippen LogP contribution is 2.01. The number of rotatable bonds is 2. The molecule has 0 unspecified atom stereocenters. The summed E-state index contributed by atoms with van der Waals surface area (Å²) >= 11 is 0. The van der Waals surface area contributed by atoms with Crippen molar-refractivity contribution in [3.8, 4) is 0 Å². The number of carbonyl (C=O) groups is 2. The standard InChI is InChI=1S/C9H11N3O2/c1-10-8(13)6-3-4-12-7(5-6)9(14)11-2/h3-5H,1-2H3,(H,10,13)(H,11,14). The average Bonchev–Trinajstić information content (AvgIpc) is 2.27. The van der Waals surface area contributed by atoms with Gasteiger partial charge < -0.3 is 10.6 Å². The van der Waals surface area contributed by atoms with Crippen LogP contribution in [0.2, 0.25) is 0 Å². The molecule has 1 heterocycles. The van der Waals surface area contributed by atoms with E-state index in [1.165, 1.54) is 26.4 Å². The van der Waals surface area contributed by atoms with Crippen molar-refractivity contribution in [1.82, 2.24) is 15.6 Å². The molecule has 0 spiro atoms. The maximum atomic E-state index is 11.2. The van der Waals surface area contributed by atoms with E-state index < -0.39 is 0 Å². The molecule has 14 heavy (non-hydrogen) atoms. The number of hydrogen-bond acceptors (Lipinski definition) is 3. The molecule has 0 saturated carbocycles. The first-order chi connectivity index (χ1) is 6.69. The summed E-state index contributed by atoms with van der Waals surface area (Å²) in [7, 11) is 3.04. The highest BCUT2D eigenvalue weighted by atomic mass is 16.2. The number of pyridine rings is 1. The number of amides is 2. The van der Waals surface area contributed by atoms with Crippen LogP contribution in [0.25, 0.3) is 0 Å². The van der Waals surface area contributed by atoms with E-state index in [0.717, 1.165) is 0 Å². The van der Waals surface area contributed by atoms with Gasteiger partial charge in [0.1, 0.15) is 5.69 Å². The van der Waals surface area contributed by atoms with Gasteiger partial charge in [-0.3, -0.25) is 14.6 Å². The summed E-state index contributed by atoms with van der Waals surface area (Å²) in [6.45, 7) is 0. The first-order valence-electron chi connectivity index (χ1n) is 4.09. The third-order valence-corrected chi connectivity index (χ3v) is 1.71. The molecule has 2 amide bonds. The second-order valence-electron chi connectivity index (χ2n) is 2.59. The van der Waals surface area contributed by atoms with Gasteiger partial charge in [-0.25, -0.2) is 0 Å². The Morgan fingerprint density at radius 2 is 1.86 bits per heavy atom. The summed E-state index contributed by atoms with van der Waals surface area (Å²) in [5.41, 5.74) is 0.648. The molecule has 0 saturated heterocycles. The SMILES string of the molecule is CNC(=O)c1ccnc(C(=O)NC)c1. The normalized spacial score (nSPS) is 9.29. The Kier molecular flexibility index (Phi) is 3.17. The molecule has 0 aromatic carbocycles. The topological polar surface area (TPSA) is 71.1 Å². The van der Waals surface area contributed by atoms with Gasteiger partial charge in [0.15, 0.2) is 0 Å². The van der Waals surface area contributed by atoms with Crippen LogP contribution >= 0.6 is 0 Å². The van der Waals surface area contributed by atoms with Gasteiger partial charge in [0.25, 0.3) is 11.8 Å². The van der Waals surface area contributed by atoms with E-state index in [2.05, 4.69) is 15.6 Å². The van der Waals surface area contributed by atoms with Crippen molar-refractivity contribution < 1.29 is 9.59 Å². The Labute approximate surface area is 81.5 Å². The second-order valence-corrected chi connectivity index (χ2v) is 2.59. The molecule has 1 aromatic rings. The quantitative estimate of drug-likeness (QED) is 0.683. The van der Waals surface area contributed by atoms with Crippen LogP contribution in [-0.2, 0) is 0 Å². The van der Waals surface area contributed by atoms with E-state index in [4.69, 9.17) is 0 Å². The van der Waals surface area contributed by atoms with E-state index in [1.807, 2.05) is 0 Å². The molecule has 74 valence electrons. The van der Waals surface area contributed by atoms with E-state index in [-0.39, 0.29) is 17.5 Å². The van der Waals surface area contributed by atoms with Crippen LogP contribution in [0.5, 0.6) is 0 Å². The largest absolute Gasteiger partial charge is 0.355 e. The molecule has 0 radical (unpaired) electrons. The van der Waals surface area contributed by atoms with Crippen LogP contribution in [-0.4, -0.2) is 30.9 Å². The summed E-state index contributed by atoms with van der Waals surface area (Å²) in [6.07, 6.45) is 1.43. The van der Waals surface area contributed by atoms with Crippen molar-refractivity contribution in [2.45, 2.75) is 0 Å². The molecule has 5 nitrogen and oxygen atoms in total. The number of nitrogens with zero attached hydrogens (tertiary/aromatic N) is 1. The lowest BCUT2D eigenvalue weighted by Crippen LogP contribution is -2.22. The van der Waals surface area contributed by atoms with Crippen LogP contribution in [0.15, 0.2) is 18.3 Å². The third-order valence-electron chi connectivity index (χ3n) is 1.71. The Hall–Kier alpha value is -1.91. The molecule has 5 heteroatoms. The van der Waals surface area contributed by atoms with Crippen LogP contribution in [0, 0.1) is 0 Å². The summed E-state index contributed by atoms with van der Waals surface area (Å²) in [4.78, 5) is 26.2. The van der Waals surface area contributed by atoms with Crippen LogP contribution < -0.4 is 10.6 Å². The van der Waals surface area contributed by atoms with Crippen molar-refractivity contribution in [1.29, 1.82) is 0 Å². The van der Waals surface area contributed by atoms with Crippen LogP contribution in [0.3, 0.4) is 0 Å². The third kappa shape index (κ3) is 2.07. The molecular formula is C9H11N3O2. The summed E-state index contributed by atoms with van der Waals surface area (Å²) < 4.78 is 0. The van der Waals surface area contributed by atoms with Gasteiger partial charge >= 0.3 is 0 Å². The summed E-state index contributed by atoms with van der Waals surface area (Å²) in [5.74, 6) is -0.548. The predicted molar refractivity (Wildman–Crippen MR) is 51.0 cm³/mol. The van der Waals surface area contributed by atoms with Crippen molar-refractivity contribution in [2.75, 3.05) is 14.1 Å². The molecule has 0 atom stereocenters. The maximum Gasteiger partial charge on any atom is 0.269 e. The number of aromatic nitrogens is 1. The lowest BCUT2D eigenvalue weighted by Gasteiger charge is -2.01. The Balaban J connectivity index is 3.01. The zero-order chi connectivity index (χ0) is 10.6. The average molecular weight is 193 g/mol. The zero-order valence-corrected chi connectivity index (χ0v) is 8.00. The van der Waals surface area contributed by atoms with Gasteiger partial charge in [-0.1, -0.05) is 0 Å². The van der Waals surface area contributed by atoms with Gasteiger partial charge in [-0.2, -0.15) is 0 Å². The number of nitrogens with one attached hydrogen (secondary N) is 2. The van der Waals surface area contributed by atoms with Gasteiger partial charge in [-0.15, -0.1) is 0 Å². The van der Waals surface area contributed by atoms with Gasteiger partial charge in [0.05, 0.1) is 0 Å². The smallest absolute Gasteiger partial charge is 0.269 e. The van der Waals surface area contributed by atoms with Crippen molar-refractivity contribution in [3.63, 3.8) is 0 Å². The van der Waals surface area contributed by atoms with Crippen LogP contribution in [0.1, 0.15) is 20.8 Å². The highest BCUT2D eigenvalue weighted by molar-refractivity contribution is 5.98. The first-order valence-corrected chi connectivity index (χ1v) is 4.09. The molecule has 0 aliphatic carbocycles. The Morgan fingerprint density at radius 3 is 2.43 bits per heavy atom. The predicted octanol–water partition coefficient (Wildman–Crippen LogP) is -0.199. The molecule has 0 aliphatic rings. The van der Waals surface area contributed by atoms with Gasteiger partial charge in [0.2, 0.25) is 0 Å². The molecule has 2 N–H and O–H groups in total. The number of hydrogen-bond donors (Lipinski definition) is 2. The minimum Gasteiger partial charge on any atom is -0.355 e. The van der Waals surface area contributed by atoms with Gasteiger partial charge in [-0.05, 0) is 12.1 Å². The van der Waals surface area contributed by atoms with E-state index in [0.29, 0.717) is 5.56 Å². The molecular weight excluding hydrogens is 182 g/mol. The lowest BCUT2D eigenvalue weighted by atomic mass is 10.2. The molecule has 0 aliphatic heterocycles. The lowest BCUT2D eigenvalue weighted by molar-refractivity contribution is 0.0958. The summed E-state index contributed by atoms with van der Waals surface area (Å²) in [6, 6.07) is 2.99. The second kappa shape index (κ2) is 4.36. The van der Waals surface area contributed by atoms with E-state index in [9.17, 15) is 9.59 Å². The van der Waals surface area contributed by atoms with E-state index in [1.54, 1.807) is 6.07 Å². The van der Waals surface area contributed by atoms with Crippen LogP contribution in [0.4, 0.5) is 0 Å². The Morgan fingerprint density at radius 1 is 1.21 bits per heavy atom. The number of carbonyl (C=O) groups excluding carboxylic acids is 2. The molecule has 1 aromatic heterocycles. The minimum atomic E-state index is -0.309. The Bertz CT molecular complexity index is 332. The maximum absolute atomic E-state index is 11.2. The fraction of sp³-hybridized carbons (Fsp3) is 0.222. The minimum absolute atomic E-state index is 0.230. The summed E-state index contributed by atoms with van der Waals surface area (Å²) in [5, 5.41) is 4.90. The highest BCUT2D eigenvalue weighted by Gasteiger charge is 2.08. The van der Waals surface area contributed by atoms with E-state index >= 15 is 0 Å².